The van der Waals surface area contributed by atoms with E-state index in [1.165, 1.54) is 33.8 Å². The number of nitrogens with one attached hydrogen (secondary N) is 1. The number of fused-ring (bicyclic) bond motifs is 1. The lowest BCUT2D eigenvalue weighted by Gasteiger charge is -2.11. The number of aromatic nitrogens is 1. The van der Waals surface area contributed by atoms with E-state index in [9.17, 15) is 4.79 Å². The Balaban J connectivity index is 1.72. The molecule has 0 aliphatic rings. The molecular formula is C20H22N2O2S. The molecule has 0 unspecified atom stereocenters. The molecule has 5 heteroatoms. The van der Waals surface area contributed by atoms with Gasteiger partial charge in [-0.3, -0.25) is 4.79 Å². The monoisotopic (exact) mass is 354 g/mol. The second kappa shape index (κ2) is 7.74. The predicted molar refractivity (Wildman–Crippen MR) is 102 cm³/mol. The van der Waals surface area contributed by atoms with Crippen molar-refractivity contribution < 1.29 is 9.21 Å². The molecule has 4 nitrogen and oxygen atoms in total. The molecule has 0 saturated heterocycles. The minimum Gasteiger partial charge on any atom is -0.467 e. The van der Waals surface area contributed by atoms with E-state index in [4.69, 9.17) is 9.40 Å². The van der Waals surface area contributed by atoms with Crippen molar-refractivity contribution in [3.8, 4) is 0 Å². The van der Waals surface area contributed by atoms with Gasteiger partial charge in [0.2, 0.25) is 5.91 Å². The summed E-state index contributed by atoms with van der Waals surface area (Å²) < 4.78 is 5.22. The van der Waals surface area contributed by atoms with E-state index in [1.54, 1.807) is 6.26 Å². The fourth-order valence-electron chi connectivity index (χ4n) is 2.84. The minimum atomic E-state index is -0.0222. The molecule has 3 aromatic rings. The van der Waals surface area contributed by atoms with Crippen LogP contribution in [-0.2, 0) is 17.8 Å². The summed E-state index contributed by atoms with van der Waals surface area (Å²) >= 11 is 1.49. The summed E-state index contributed by atoms with van der Waals surface area (Å²) in [4.78, 5) is 16.9. The van der Waals surface area contributed by atoms with Crippen LogP contribution in [-0.4, -0.2) is 16.6 Å². The number of hydrogen-bond donors (Lipinski definition) is 1. The molecule has 0 bridgehead atoms. The van der Waals surface area contributed by atoms with E-state index in [0.29, 0.717) is 12.3 Å². The molecule has 2 aromatic heterocycles. The Kier molecular flexibility index (Phi) is 5.43. The van der Waals surface area contributed by atoms with E-state index in [2.05, 4.69) is 44.3 Å². The van der Waals surface area contributed by atoms with Crippen LogP contribution in [0.15, 0.2) is 46.0 Å². The maximum atomic E-state index is 12.1. The Morgan fingerprint density at radius 3 is 2.84 bits per heavy atom. The molecule has 130 valence electrons. The maximum absolute atomic E-state index is 12.1. The quantitative estimate of drug-likeness (QED) is 0.666. The Bertz CT molecular complexity index is 888. The maximum Gasteiger partial charge on any atom is 0.230 e. The van der Waals surface area contributed by atoms with Gasteiger partial charge in [0.25, 0.3) is 0 Å². The zero-order chi connectivity index (χ0) is 17.8. The predicted octanol–water partition coefficient (Wildman–Crippen LogP) is 4.42. The van der Waals surface area contributed by atoms with Gasteiger partial charge < -0.3 is 9.73 Å². The lowest BCUT2D eigenvalue weighted by atomic mass is 10.0. The number of aryl methyl sites for hydroxylation is 3. The number of carbonyl (C=O) groups is 1. The zero-order valence-electron chi connectivity index (χ0n) is 14.8. The van der Waals surface area contributed by atoms with Gasteiger partial charge in [-0.2, -0.15) is 0 Å². The van der Waals surface area contributed by atoms with Gasteiger partial charge in [0, 0.05) is 5.39 Å². The molecule has 1 aromatic carbocycles. The average Bonchev–Trinajstić information content (AvgIpc) is 3.11. The first kappa shape index (κ1) is 17.5. The first-order valence-corrected chi connectivity index (χ1v) is 9.38. The molecule has 0 atom stereocenters. The number of pyridine rings is 1. The van der Waals surface area contributed by atoms with Crippen molar-refractivity contribution in [2.75, 3.05) is 5.75 Å². The molecule has 0 aliphatic heterocycles. The molecule has 2 heterocycles. The lowest BCUT2D eigenvalue weighted by Crippen LogP contribution is -2.24. The topological polar surface area (TPSA) is 55.1 Å². The largest absolute Gasteiger partial charge is 0.467 e. The van der Waals surface area contributed by atoms with E-state index < -0.39 is 0 Å². The summed E-state index contributed by atoms with van der Waals surface area (Å²) in [6, 6.07) is 10.2. The highest BCUT2D eigenvalue weighted by atomic mass is 32.2. The van der Waals surface area contributed by atoms with Crippen LogP contribution >= 0.6 is 11.8 Å². The molecule has 1 N–H and O–H groups in total. The fourth-order valence-corrected chi connectivity index (χ4v) is 3.75. The second-order valence-corrected chi connectivity index (χ2v) is 7.07. The summed E-state index contributed by atoms with van der Waals surface area (Å²) in [6.07, 6.45) is 2.50. The van der Waals surface area contributed by atoms with Gasteiger partial charge in [-0.25, -0.2) is 4.98 Å². The van der Waals surface area contributed by atoms with Crippen molar-refractivity contribution in [2.24, 2.45) is 0 Å². The average molecular weight is 354 g/mol. The van der Waals surface area contributed by atoms with Crippen LogP contribution in [0.3, 0.4) is 0 Å². The van der Waals surface area contributed by atoms with E-state index in [0.717, 1.165) is 22.7 Å². The summed E-state index contributed by atoms with van der Waals surface area (Å²) in [5.74, 6) is 1.07. The zero-order valence-corrected chi connectivity index (χ0v) is 15.6. The molecule has 3 rings (SSSR count). The highest BCUT2D eigenvalue weighted by Gasteiger charge is 2.11. The number of amides is 1. The third-order valence-corrected chi connectivity index (χ3v) is 5.09. The third-order valence-electron chi connectivity index (χ3n) is 4.05. The van der Waals surface area contributed by atoms with Crippen molar-refractivity contribution in [2.45, 2.75) is 38.8 Å². The van der Waals surface area contributed by atoms with Crippen LogP contribution in [0, 0.1) is 13.8 Å². The van der Waals surface area contributed by atoms with E-state index in [1.807, 2.05) is 12.1 Å². The number of carbonyl (C=O) groups excluding carboxylic acids is 1. The number of hydrogen-bond acceptors (Lipinski definition) is 4. The minimum absolute atomic E-state index is 0.0222. The standard InChI is InChI=1S/C20H22N2O2S/c1-4-15-10-16-9-13(2)8-14(3)19(16)22-20(15)25-12-18(23)21-11-17-6-5-7-24-17/h5-10H,4,11-12H2,1-3H3,(H,21,23). The van der Waals surface area contributed by atoms with Crippen LogP contribution in [0.2, 0.25) is 0 Å². The van der Waals surface area contributed by atoms with Crippen molar-refractivity contribution in [3.05, 3.63) is 59.0 Å². The van der Waals surface area contributed by atoms with Crippen LogP contribution in [0.5, 0.6) is 0 Å². The van der Waals surface area contributed by atoms with Gasteiger partial charge in [0.1, 0.15) is 10.8 Å². The van der Waals surface area contributed by atoms with Crippen LogP contribution in [0.4, 0.5) is 0 Å². The number of rotatable bonds is 6. The van der Waals surface area contributed by atoms with Gasteiger partial charge >= 0.3 is 0 Å². The first-order valence-electron chi connectivity index (χ1n) is 8.39. The smallest absolute Gasteiger partial charge is 0.230 e. The Morgan fingerprint density at radius 2 is 2.12 bits per heavy atom. The van der Waals surface area contributed by atoms with Gasteiger partial charge in [-0.15, -0.1) is 0 Å². The number of thioether (sulfide) groups is 1. The van der Waals surface area contributed by atoms with E-state index >= 15 is 0 Å². The summed E-state index contributed by atoms with van der Waals surface area (Å²) in [5.41, 5.74) is 4.61. The first-order chi connectivity index (χ1) is 12.1. The summed E-state index contributed by atoms with van der Waals surface area (Å²) in [5, 5.41) is 4.97. The van der Waals surface area contributed by atoms with Crippen LogP contribution in [0.25, 0.3) is 10.9 Å². The van der Waals surface area contributed by atoms with Crippen molar-refractivity contribution in [1.29, 1.82) is 0 Å². The third kappa shape index (κ3) is 4.23. The summed E-state index contributed by atoms with van der Waals surface area (Å²) in [6.45, 7) is 6.71. The molecule has 0 fully saturated rings. The van der Waals surface area contributed by atoms with Gasteiger partial charge in [-0.05, 0) is 55.7 Å². The van der Waals surface area contributed by atoms with Crippen molar-refractivity contribution >= 4 is 28.6 Å². The SMILES string of the molecule is CCc1cc2cc(C)cc(C)c2nc1SCC(=O)NCc1ccco1. The van der Waals surface area contributed by atoms with Gasteiger partial charge in [0.15, 0.2) is 0 Å². The molecule has 1 amide bonds. The molecule has 0 saturated carbocycles. The van der Waals surface area contributed by atoms with Gasteiger partial charge in [0.05, 0.1) is 24.1 Å². The molecule has 0 aliphatic carbocycles. The highest BCUT2D eigenvalue weighted by molar-refractivity contribution is 7.99. The van der Waals surface area contributed by atoms with Gasteiger partial charge in [-0.1, -0.05) is 30.3 Å². The Labute approximate surface area is 152 Å². The number of furan rings is 1. The lowest BCUT2D eigenvalue weighted by molar-refractivity contribution is -0.118. The molecule has 0 radical (unpaired) electrons. The van der Waals surface area contributed by atoms with Crippen LogP contribution < -0.4 is 5.32 Å². The van der Waals surface area contributed by atoms with Crippen molar-refractivity contribution in [1.82, 2.24) is 10.3 Å². The van der Waals surface area contributed by atoms with E-state index in [-0.39, 0.29) is 5.91 Å². The Morgan fingerprint density at radius 1 is 1.28 bits per heavy atom. The second-order valence-electron chi connectivity index (χ2n) is 6.10. The fraction of sp³-hybridized carbons (Fsp3) is 0.300. The number of nitrogens with zero attached hydrogens (tertiary/aromatic N) is 1. The normalized spacial score (nSPS) is 11.0. The van der Waals surface area contributed by atoms with Crippen molar-refractivity contribution in [3.63, 3.8) is 0 Å². The molecule has 25 heavy (non-hydrogen) atoms. The Hall–Kier alpha value is -2.27. The van der Waals surface area contributed by atoms with Crippen LogP contribution in [0.1, 0.15) is 29.4 Å². The highest BCUT2D eigenvalue weighted by Crippen LogP contribution is 2.27. The number of benzene rings is 1. The molecular weight excluding hydrogens is 332 g/mol. The molecule has 0 spiro atoms. The summed E-state index contributed by atoms with van der Waals surface area (Å²) in [7, 11) is 0.